The highest BCUT2D eigenvalue weighted by Crippen LogP contribution is 2.09. The molecule has 0 aromatic rings. The molecule has 1 heterocycles. The number of amides is 1. The Labute approximate surface area is 84.8 Å². The number of carbonyl (C=O) groups is 1. The first-order chi connectivity index (χ1) is 6.34. The van der Waals surface area contributed by atoms with Gasteiger partial charge in [0.05, 0.1) is 13.2 Å². The third kappa shape index (κ3) is 4.00. The lowest BCUT2D eigenvalue weighted by Gasteiger charge is -2.26. The van der Waals surface area contributed by atoms with Gasteiger partial charge in [-0.25, -0.2) is 0 Å². The minimum Gasteiger partial charge on any atom is -0.379 e. The molecule has 0 bridgehead atoms. The van der Waals surface area contributed by atoms with Crippen LogP contribution in [0.4, 0.5) is 0 Å². The number of ether oxygens (including phenoxy) is 1. The zero-order chi connectivity index (χ0) is 9.52. The summed E-state index contributed by atoms with van der Waals surface area (Å²) in [6.45, 7) is 2.97. The first-order valence-electron chi connectivity index (χ1n) is 4.81. The lowest BCUT2D eigenvalue weighted by atomic mass is 10.1. The fraction of sp³-hybridized carbons (Fsp3) is 0.889. The maximum absolute atomic E-state index is 11.3. The van der Waals surface area contributed by atoms with Crippen molar-refractivity contribution in [2.75, 3.05) is 32.1 Å². The molecule has 0 aromatic heterocycles. The fourth-order valence-electron chi connectivity index (χ4n) is 1.44. The van der Waals surface area contributed by atoms with Gasteiger partial charge in [-0.15, -0.1) is 0 Å². The molecule has 76 valence electrons. The van der Waals surface area contributed by atoms with Gasteiger partial charge in [-0.3, -0.25) is 4.79 Å². The van der Waals surface area contributed by atoms with E-state index in [4.69, 9.17) is 4.74 Å². The predicted octanol–water partition coefficient (Wildman–Crippen LogP) is 0.945. The Kier molecular flexibility index (Phi) is 5.23. The number of piperidine rings is 1. The summed E-state index contributed by atoms with van der Waals surface area (Å²) in [6, 6.07) is 0. The molecule has 0 atom stereocenters. The average Bonchev–Trinajstić information content (AvgIpc) is 2.15. The second-order valence-electron chi connectivity index (χ2n) is 3.17. The molecule has 1 aliphatic rings. The third-order valence-corrected chi connectivity index (χ3v) is 2.35. The molecule has 0 radical (unpaired) electrons. The minimum atomic E-state index is 0.278. The Balaban J connectivity index is 2.08. The summed E-state index contributed by atoms with van der Waals surface area (Å²) in [7, 11) is 0. The highest BCUT2D eigenvalue weighted by Gasteiger charge is 2.16. The van der Waals surface area contributed by atoms with E-state index >= 15 is 0 Å². The number of rotatable bonds is 5. The summed E-state index contributed by atoms with van der Waals surface area (Å²) in [6.07, 6.45) is 2.90. The normalized spacial score (nSPS) is 17.9. The number of nitrogens with zero attached hydrogens (tertiary/aromatic N) is 1. The average molecular weight is 203 g/mol. The lowest BCUT2D eigenvalue weighted by Crippen LogP contribution is -2.37. The van der Waals surface area contributed by atoms with Crippen molar-refractivity contribution in [2.45, 2.75) is 19.3 Å². The van der Waals surface area contributed by atoms with Crippen molar-refractivity contribution >= 4 is 18.5 Å². The Hall–Kier alpha value is -0.220. The molecule has 0 spiro atoms. The van der Waals surface area contributed by atoms with Crippen LogP contribution in [0.5, 0.6) is 0 Å². The fourth-order valence-corrected chi connectivity index (χ4v) is 1.57. The minimum absolute atomic E-state index is 0.278. The Morgan fingerprint density at radius 1 is 1.38 bits per heavy atom. The van der Waals surface area contributed by atoms with Crippen molar-refractivity contribution in [3.63, 3.8) is 0 Å². The maximum Gasteiger partial charge on any atom is 0.222 e. The van der Waals surface area contributed by atoms with E-state index in [1.165, 1.54) is 0 Å². The van der Waals surface area contributed by atoms with Gasteiger partial charge in [0.1, 0.15) is 0 Å². The molecule has 0 N–H and O–H groups in total. The van der Waals surface area contributed by atoms with Gasteiger partial charge in [0.15, 0.2) is 0 Å². The number of likely N-dealkylation sites (tertiary alicyclic amines) is 1. The molecular weight excluding hydrogens is 186 g/mol. The summed E-state index contributed by atoms with van der Waals surface area (Å²) in [4.78, 5) is 13.2. The third-order valence-electron chi connectivity index (χ3n) is 2.16. The molecule has 4 heteroatoms. The van der Waals surface area contributed by atoms with Gasteiger partial charge in [0.25, 0.3) is 0 Å². The van der Waals surface area contributed by atoms with Gasteiger partial charge >= 0.3 is 0 Å². The molecule has 0 unspecified atom stereocenters. The topological polar surface area (TPSA) is 29.5 Å². The lowest BCUT2D eigenvalue weighted by molar-refractivity contribution is -0.134. The zero-order valence-electron chi connectivity index (χ0n) is 7.87. The predicted molar refractivity (Wildman–Crippen MR) is 55.1 cm³/mol. The van der Waals surface area contributed by atoms with E-state index < -0.39 is 0 Å². The van der Waals surface area contributed by atoms with Gasteiger partial charge in [0.2, 0.25) is 5.91 Å². The molecular formula is C9H17NO2S. The van der Waals surface area contributed by atoms with Crippen molar-refractivity contribution in [3.8, 4) is 0 Å². The Morgan fingerprint density at radius 3 is 2.92 bits per heavy atom. The largest absolute Gasteiger partial charge is 0.379 e. The van der Waals surface area contributed by atoms with Crippen molar-refractivity contribution in [1.29, 1.82) is 0 Å². The summed E-state index contributed by atoms with van der Waals surface area (Å²) in [5.41, 5.74) is 0. The van der Waals surface area contributed by atoms with E-state index in [0.29, 0.717) is 19.6 Å². The van der Waals surface area contributed by atoms with Crippen LogP contribution in [-0.2, 0) is 9.53 Å². The van der Waals surface area contributed by atoms with E-state index in [9.17, 15) is 4.79 Å². The molecule has 3 nitrogen and oxygen atoms in total. The van der Waals surface area contributed by atoms with Crippen molar-refractivity contribution < 1.29 is 9.53 Å². The van der Waals surface area contributed by atoms with Crippen LogP contribution in [-0.4, -0.2) is 42.9 Å². The van der Waals surface area contributed by atoms with Gasteiger partial charge < -0.3 is 9.64 Å². The van der Waals surface area contributed by atoms with Crippen molar-refractivity contribution in [1.82, 2.24) is 4.90 Å². The zero-order valence-corrected chi connectivity index (χ0v) is 8.76. The first-order valence-corrected chi connectivity index (χ1v) is 5.44. The molecule has 1 fully saturated rings. The molecule has 1 amide bonds. The highest BCUT2D eigenvalue weighted by atomic mass is 32.1. The van der Waals surface area contributed by atoms with Gasteiger partial charge in [-0.05, 0) is 12.8 Å². The molecule has 1 rings (SSSR count). The van der Waals surface area contributed by atoms with E-state index in [0.717, 1.165) is 31.7 Å². The quantitative estimate of drug-likeness (QED) is 0.532. The van der Waals surface area contributed by atoms with Crippen LogP contribution in [0.2, 0.25) is 0 Å². The molecule has 0 aromatic carbocycles. The Morgan fingerprint density at radius 2 is 2.23 bits per heavy atom. The van der Waals surface area contributed by atoms with Crippen LogP contribution in [0.25, 0.3) is 0 Å². The van der Waals surface area contributed by atoms with E-state index in [1.807, 2.05) is 4.90 Å². The van der Waals surface area contributed by atoms with E-state index in [2.05, 4.69) is 12.6 Å². The molecule has 0 aliphatic carbocycles. The van der Waals surface area contributed by atoms with Crippen LogP contribution in [0.1, 0.15) is 19.3 Å². The van der Waals surface area contributed by atoms with E-state index in [1.54, 1.807) is 0 Å². The van der Waals surface area contributed by atoms with Crippen LogP contribution in [0.15, 0.2) is 0 Å². The molecule has 1 aliphatic heterocycles. The Bertz CT molecular complexity index is 164. The van der Waals surface area contributed by atoms with Gasteiger partial charge in [-0.2, -0.15) is 12.6 Å². The molecule has 13 heavy (non-hydrogen) atoms. The summed E-state index contributed by atoms with van der Waals surface area (Å²) >= 11 is 4.03. The summed E-state index contributed by atoms with van der Waals surface area (Å²) in [5.74, 6) is 1.02. The van der Waals surface area contributed by atoms with Crippen LogP contribution in [0.3, 0.4) is 0 Å². The first kappa shape index (κ1) is 10.9. The molecule has 0 saturated carbocycles. The van der Waals surface area contributed by atoms with E-state index in [-0.39, 0.29) is 5.91 Å². The number of hydrogen-bond donors (Lipinski definition) is 1. The van der Waals surface area contributed by atoms with Crippen molar-refractivity contribution in [3.05, 3.63) is 0 Å². The molecule has 1 saturated heterocycles. The summed E-state index contributed by atoms with van der Waals surface area (Å²) < 4.78 is 5.26. The number of thiol groups is 1. The smallest absolute Gasteiger partial charge is 0.222 e. The van der Waals surface area contributed by atoms with Crippen LogP contribution in [0, 0.1) is 0 Å². The highest BCUT2D eigenvalue weighted by molar-refractivity contribution is 7.80. The van der Waals surface area contributed by atoms with Crippen LogP contribution >= 0.6 is 12.6 Å². The SMILES string of the molecule is O=C1CCCCN1CCOCCS. The number of carbonyl (C=O) groups excluding carboxylic acids is 1. The second kappa shape index (κ2) is 6.27. The second-order valence-corrected chi connectivity index (χ2v) is 3.62. The number of hydrogen-bond acceptors (Lipinski definition) is 3. The van der Waals surface area contributed by atoms with Crippen molar-refractivity contribution in [2.24, 2.45) is 0 Å². The monoisotopic (exact) mass is 203 g/mol. The summed E-state index contributed by atoms with van der Waals surface area (Å²) in [5, 5.41) is 0. The van der Waals surface area contributed by atoms with Gasteiger partial charge in [-0.1, -0.05) is 0 Å². The standard InChI is InChI=1S/C9H17NO2S/c11-9-3-1-2-4-10(9)5-6-12-7-8-13/h13H,1-8H2. The van der Waals surface area contributed by atoms with Crippen LogP contribution < -0.4 is 0 Å². The maximum atomic E-state index is 11.3. The van der Waals surface area contributed by atoms with Gasteiger partial charge in [0, 0.05) is 25.3 Å².